The number of benzene rings is 1. The van der Waals surface area contributed by atoms with Gasteiger partial charge in [-0.3, -0.25) is 0 Å². The fourth-order valence-corrected chi connectivity index (χ4v) is 2.65. The smallest absolute Gasteiger partial charge is 0.263 e. The molecule has 6 heteroatoms. The Balaban J connectivity index is 1.68. The summed E-state index contributed by atoms with van der Waals surface area (Å²) in [5, 5.41) is 0. The van der Waals surface area contributed by atoms with Crippen LogP contribution in [-0.4, -0.2) is 14.5 Å². The molecule has 0 fully saturated rings. The largest absolute Gasteiger partial charge is 0.459 e. The summed E-state index contributed by atoms with van der Waals surface area (Å²) in [6, 6.07) is 11.2. The lowest BCUT2D eigenvalue weighted by Crippen LogP contribution is -1.88. The molecule has 6 nitrogen and oxygen atoms in total. The van der Waals surface area contributed by atoms with Gasteiger partial charge in [0.15, 0.2) is 16.9 Å². The van der Waals surface area contributed by atoms with Crippen LogP contribution in [0.5, 0.6) is 0 Å². The minimum Gasteiger partial charge on any atom is -0.459 e. The number of hydrogen-bond donors (Lipinski definition) is 0. The summed E-state index contributed by atoms with van der Waals surface area (Å²) >= 11 is 0. The van der Waals surface area contributed by atoms with E-state index in [0.29, 0.717) is 34.2 Å². The van der Waals surface area contributed by atoms with E-state index in [9.17, 15) is 0 Å². The molecule has 0 saturated carbocycles. The van der Waals surface area contributed by atoms with Crippen LogP contribution in [0, 0.1) is 0 Å². The molecular formula is C17H11N3O3. The summed E-state index contributed by atoms with van der Waals surface area (Å²) in [6.07, 6.45) is 3.54. The van der Waals surface area contributed by atoms with Crippen molar-refractivity contribution in [2.45, 2.75) is 0 Å². The Labute approximate surface area is 130 Å². The molecule has 112 valence electrons. The van der Waals surface area contributed by atoms with E-state index in [1.165, 1.54) is 0 Å². The van der Waals surface area contributed by atoms with Crippen molar-refractivity contribution in [2.75, 3.05) is 0 Å². The molecule has 23 heavy (non-hydrogen) atoms. The number of aryl methyl sites for hydroxylation is 1. The number of hydrogen-bond acceptors (Lipinski definition) is 5. The van der Waals surface area contributed by atoms with E-state index in [1.807, 2.05) is 42.1 Å². The van der Waals surface area contributed by atoms with E-state index in [-0.39, 0.29) is 0 Å². The Bertz CT molecular complexity index is 1080. The highest BCUT2D eigenvalue weighted by atomic mass is 16.4. The maximum atomic E-state index is 5.86. The summed E-state index contributed by atoms with van der Waals surface area (Å²) in [5.74, 6) is 1.61. The molecule has 4 aromatic heterocycles. The molecule has 0 atom stereocenters. The molecule has 1 aromatic carbocycles. The first-order valence-corrected chi connectivity index (χ1v) is 7.15. The van der Waals surface area contributed by atoms with Gasteiger partial charge in [0.1, 0.15) is 16.7 Å². The van der Waals surface area contributed by atoms with Crippen LogP contribution in [0.15, 0.2) is 62.1 Å². The predicted molar refractivity (Wildman–Crippen MR) is 83.7 cm³/mol. The van der Waals surface area contributed by atoms with E-state index in [2.05, 4.69) is 9.97 Å². The zero-order valence-electron chi connectivity index (χ0n) is 12.2. The average Bonchev–Trinajstić information content (AvgIpc) is 3.30. The van der Waals surface area contributed by atoms with Crippen molar-refractivity contribution in [3.05, 3.63) is 48.9 Å². The quantitative estimate of drug-likeness (QED) is 0.488. The molecule has 0 N–H and O–H groups in total. The first-order valence-electron chi connectivity index (χ1n) is 7.15. The molecule has 0 aliphatic rings. The number of rotatable bonds is 2. The highest BCUT2D eigenvalue weighted by molar-refractivity contribution is 5.90. The number of nitrogens with zero attached hydrogens (tertiary/aromatic N) is 3. The molecular weight excluding hydrogens is 294 g/mol. The predicted octanol–water partition coefficient (Wildman–Crippen LogP) is 4.23. The molecule has 0 unspecified atom stereocenters. The van der Waals surface area contributed by atoms with Crippen molar-refractivity contribution in [2.24, 2.45) is 7.05 Å². The third-order valence-electron chi connectivity index (χ3n) is 3.79. The Hall–Kier alpha value is -3.28. The summed E-state index contributed by atoms with van der Waals surface area (Å²) < 4.78 is 18.9. The standard InChI is InChI=1S/C17H11N3O3/c1-20-6-2-4-12(20)16-18-10-8-15-11(9-14(10)22-16)19-17(23-15)13-5-3-7-21-13/h2-9H,1H3. The van der Waals surface area contributed by atoms with Gasteiger partial charge in [-0.15, -0.1) is 0 Å². The van der Waals surface area contributed by atoms with Gasteiger partial charge >= 0.3 is 0 Å². The Morgan fingerprint density at radius 1 is 0.913 bits per heavy atom. The second-order valence-corrected chi connectivity index (χ2v) is 5.31. The number of fused-ring (bicyclic) bond motifs is 2. The fourth-order valence-electron chi connectivity index (χ4n) is 2.65. The van der Waals surface area contributed by atoms with Crippen LogP contribution in [0.2, 0.25) is 0 Å². The van der Waals surface area contributed by atoms with Crippen LogP contribution in [0.1, 0.15) is 0 Å². The zero-order chi connectivity index (χ0) is 15.4. The second-order valence-electron chi connectivity index (χ2n) is 5.31. The molecule has 4 heterocycles. The molecule has 0 spiro atoms. The molecule has 5 aromatic rings. The van der Waals surface area contributed by atoms with Gasteiger partial charge in [-0.1, -0.05) is 0 Å². The Morgan fingerprint density at radius 2 is 1.65 bits per heavy atom. The summed E-state index contributed by atoms with van der Waals surface area (Å²) in [4.78, 5) is 8.98. The van der Waals surface area contributed by atoms with E-state index >= 15 is 0 Å². The summed E-state index contributed by atoms with van der Waals surface area (Å²) in [6.45, 7) is 0. The van der Waals surface area contributed by atoms with Crippen molar-refractivity contribution >= 4 is 22.2 Å². The summed E-state index contributed by atoms with van der Waals surface area (Å²) in [7, 11) is 1.95. The van der Waals surface area contributed by atoms with Gasteiger partial charge in [-0.05, 0) is 24.3 Å². The van der Waals surface area contributed by atoms with Crippen molar-refractivity contribution < 1.29 is 13.3 Å². The highest BCUT2D eigenvalue weighted by Gasteiger charge is 2.15. The first-order chi connectivity index (χ1) is 11.3. The van der Waals surface area contributed by atoms with Crippen LogP contribution in [0.25, 0.3) is 45.4 Å². The van der Waals surface area contributed by atoms with E-state index in [1.54, 1.807) is 18.4 Å². The van der Waals surface area contributed by atoms with E-state index < -0.39 is 0 Å². The minimum absolute atomic E-state index is 0.445. The molecule has 0 aliphatic carbocycles. The van der Waals surface area contributed by atoms with Crippen LogP contribution in [0.3, 0.4) is 0 Å². The van der Waals surface area contributed by atoms with Gasteiger partial charge in [0.25, 0.3) is 5.89 Å². The number of oxazole rings is 2. The normalized spacial score (nSPS) is 11.7. The van der Waals surface area contributed by atoms with Gasteiger partial charge in [0.05, 0.1) is 6.26 Å². The maximum absolute atomic E-state index is 5.86. The van der Waals surface area contributed by atoms with Crippen LogP contribution >= 0.6 is 0 Å². The third-order valence-corrected chi connectivity index (χ3v) is 3.79. The van der Waals surface area contributed by atoms with Crippen molar-refractivity contribution in [1.29, 1.82) is 0 Å². The number of aromatic nitrogens is 3. The van der Waals surface area contributed by atoms with Gasteiger partial charge in [-0.25, -0.2) is 9.97 Å². The highest BCUT2D eigenvalue weighted by Crippen LogP contribution is 2.30. The molecule has 5 rings (SSSR count). The van der Waals surface area contributed by atoms with Crippen molar-refractivity contribution in [3.8, 4) is 23.2 Å². The monoisotopic (exact) mass is 305 g/mol. The van der Waals surface area contributed by atoms with Gasteiger partial charge < -0.3 is 17.8 Å². The lowest BCUT2D eigenvalue weighted by atomic mass is 10.3. The molecule has 0 amide bonds. The van der Waals surface area contributed by atoms with Gasteiger partial charge in [-0.2, -0.15) is 0 Å². The van der Waals surface area contributed by atoms with Crippen LogP contribution in [0.4, 0.5) is 0 Å². The van der Waals surface area contributed by atoms with Crippen LogP contribution < -0.4 is 0 Å². The lowest BCUT2D eigenvalue weighted by molar-refractivity contribution is 0.535. The lowest BCUT2D eigenvalue weighted by Gasteiger charge is -1.95. The second kappa shape index (κ2) is 4.36. The zero-order valence-corrected chi connectivity index (χ0v) is 12.2. The Kier molecular flexibility index (Phi) is 2.33. The Morgan fingerprint density at radius 3 is 2.30 bits per heavy atom. The van der Waals surface area contributed by atoms with Gasteiger partial charge in [0, 0.05) is 25.4 Å². The first kappa shape index (κ1) is 12.3. The third kappa shape index (κ3) is 1.81. The van der Waals surface area contributed by atoms with Crippen molar-refractivity contribution in [3.63, 3.8) is 0 Å². The number of furan rings is 1. The van der Waals surface area contributed by atoms with Crippen LogP contribution in [-0.2, 0) is 7.05 Å². The van der Waals surface area contributed by atoms with Gasteiger partial charge in [0.2, 0.25) is 5.89 Å². The SMILES string of the molecule is Cn1cccc1-c1nc2cc3oc(-c4ccco4)nc3cc2o1. The topological polar surface area (TPSA) is 70.1 Å². The summed E-state index contributed by atoms with van der Waals surface area (Å²) in [5.41, 5.74) is 3.68. The van der Waals surface area contributed by atoms with E-state index in [0.717, 1.165) is 11.2 Å². The average molecular weight is 305 g/mol. The molecule has 0 aliphatic heterocycles. The maximum Gasteiger partial charge on any atom is 0.263 e. The minimum atomic E-state index is 0.445. The van der Waals surface area contributed by atoms with Crippen molar-refractivity contribution in [1.82, 2.24) is 14.5 Å². The fraction of sp³-hybridized carbons (Fsp3) is 0.0588. The van der Waals surface area contributed by atoms with E-state index in [4.69, 9.17) is 13.3 Å². The molecule has 0 radical (unpaired) electrons. The molecule has 0 bridgehead atoms. The molecule has 0 saturated heterocycles.